The number of halogens is 3. The molecule has 1 aliphatic rings. The average Bonchev–Trinajstić information content (AvgIpc) is 2.47. The lowest BCUT2D eigenvalue weighted by atomic mass is 10.4. The van der Waals surface area contributed by atoms with Crippen molar-refractivity contribution in [2.24, 2.45) is 0 Å². The minimum absolute atomic E-state index is 0.600. The summed E-state index contributed by atoms with van der Waals surface area (Å²) in [4.78, 5) is 0. The van der Waals surface area contributed by atoms with Crippen molar-refractivity contribution in [3.63, 3.8) is 0 Å². The molecule has 60 valence electrons. The zero-order valence-corrected chi connectivity index (χ0v) is 5.66. The molecular weight excluding hydrogens is 145 g/mol. The van der Waals surface area contributed by atoms with Gasteiger partial charge in [-0.2, -0.15) is 8.78 Å². The van der Waals surface area contributed by atoms with Crippen molar-refractivity contribution in [2.45, 2.75) is 31.5 Å². The van der Waals surface area contributed by atoms with Gasteiger partial charge in [0.05, 0.1) is 5.60 Å². The van der Waals surface area contributed by atoms with Crippen molar-refractivity contribution in [3.8, 4) is 0 Å². The Kier molecular flexibility index (Phi) is 1.66. The van der Waals surface area contributed by atoms with Gasteiger partial charge in [-0.3, -0.25) is 0 Å². The maximum absolute atomic E-state index is 12.1. The van der Waals surface area contributed by atoms with Crippen LogP contribution in [0.5, 0.6) is 0 Å². The second-order valence-corrected chi connectivity index (χ2v) is 2.82. The Hall–Kier alpha value is -0.250. The van der Waals surface area contributed by atoms with Crippen LogP contribution in [-0.4, -0.2) is 18.4 Å². The van der Waals surface area contributed by atoms with Crippen molar-refractivity contribution in [3.05, 3.63) is 0 Å². The monoisotopic (exact) mass is 154 g/mol. The van der Waals surface area contributed by atoms with E-state index in [0.717, 1.165) is 0 Å². The van der Waals surface area contributed by atoms with Gasteiger partial charge in [0.2, 0.25) is 0 Å². The van der Waals surface area contributed by atoms with Gasteiger partial charge in [0.25, 0.3) is 0 Å². The number of alkyl halides is 3. The molecule has 4 heteroatoms. The Morgan fingerprint density at radius 2 is 2.00 bits per heavy atom. The van der Waals surface area contributed by atoms with Gasteiger partial charge >= 0.3 is 6.11 Å². The molecule has 1 saturated carbocycles. The summed E-state index contributed by atoms with van der Waals surface area (Å²) in [7, 11) is 0. The zero-order valence-electron chi connectivity index (χ0n) is 5.66. The van der Waals surface area contributed by atoms with Crippen LogP contribution in [0.1, 0.15) is 19.8 Å². The lowest BCUT2D eigenvalue weighted by Crippen LogP contribution is -2.29. The molecule has 0 spiro atoms. The molecule has 10 heavy (non-hydrogen) atoms. The highest BCUT2D eigenvalue weighted by Gasteiger charge is 2.47. The Morgan fingerprint density at radius 3 is 2.30 bits per heavy atom. The van der Waals surface area contributed by atoms with E-state index in [1.165, 1.54) is 0 Å². The van der Waals surface area contributed by atoms with Gasteiger partial charge in [-0.05, 0) is 19.8 Å². The molecule has 1 nitrogen and oxygen atoms in total. The second kappa shape index (κ2) is 2.12. The third kappa shape index (κ3) is 1.87. The first-order valence-corrected chi connectivity index (χ1v) is 3.11. The first-order valence-electron chi connectivity index (χ1n) is 3.11. The molecule has 0 aliphatic heterocycles. The van der Waals surface area contributed by atoms with Crippen LogP contribution in [0, 0.1) is 0 Å². The Balaban J connectivity index is 2.36. The van der Waals surface area contributed by atoms with Crippen LogP contribution in [0.4, 0.5) is 13.2 Å². The van der Waals surface area contributed by atoms with Crippen LogP contribution in [0.2, 0.25) is 0 Å². The lowest BCUT2D eigenvalue weighted by molar-refractivity contribution is -0.273. The standard InChI is InChI=1S/C6H9F3O/c1-5(2-3-5)10-6(8,9)4-7/h2-4H2,1H3. The molecule has 0 aromatic rings. The highest BCUT2D eigenvalue weighted by molar-refractivity contribution is 4.91. The van der Waals surface area contributed by atoms with Crippen molar-refractivity contribution in [1.29, 1.82) is 0 Å². The quantitative estimate of drug-likeness (QED) is 0.605. The third-order valence-corrected chi connectivity index (χ3v) is 1.51. The fraction of sp³-hybridized carbons (Fsp3) is 1.00. The third-order valence-electron chi connectivity index (χ3n) is 1.51. The summed E-state index contributed by atoms with van der Waals surface area (Å²) in [5.74, 6) is 0. The van der Waals surface area contributed by atoms with Gasteiger partial charge in [-0.1, -0.05) is 0 Å². The van der Waals surface area contributed by atoms with E-state index in [-0.39, 0.29) is 0 Å². The van der Waals surface area contributed by atoms with Gasteiger partial charge < -0.3 is 4.74 Å². The smallest absolute Gasteiger partial charge is 0.312 e. The lowest BCUT2D eigenvalue weighted by Gasteiger charge is -2.17. The maximum Gasteiger partial charge on any atom is 0.384 e. The van der Waals surface area contributed by atoms with Crippen LogP contribution < -0.4 is 0 Å². The van der Waals surface area contributed by atoms with Crippen LogP contribution in [0.25, 0.3) is 0 Å². The van der Waals surface area contributed by atoms with Crippen LogP contribution in [0.3, 0.4) is 0 Å². The topological polar surface area (TPSA) is 9.23 Å². The predicted molar refractivity (Wildman–Crippen MR) is 29.6 cm³/mol. The maximum atomic E-state index is 12.1. The molecule has 0 N–H and O–H groups in total. The zero-order chi connectivity index (χ0) is 7.83. The van der Waals surface area contributed by atoms with Gasteiger partial charge in [0.15, 0.2) is 6.67 Å². The minimum Gasteiger partial charge on any atom is -0.312 e. The van der Waals surface area contributed by atoms with Crippen LogP contribution in [-0.2, 0) is 4.74 Å². The van der Waals surface area contributed by atoms with E-state index in [4.69, 9.17) is 0 Å². The summed E-state index contributed by atoms with van der Waals surface area (Å²) in [6, 6.07) is 0. The summed E-state index contributed by atoms with van der Waals surface area (Å²) in [5, 5.41) is 0. The van der Waals surface area contributed by atoms with E-state index in [0.29, 0.717) is 12.8 Å². The molecule has 0 heterocycles. The Bertz CT molecular complexity index is 131. The molecule has 0 amide bonds. The predicted octanol–water partition coefficient (Wildman–Crippen LogP) is 2.12. The molecule has 1 fully saturated rings. The van der Waals surface area contributed by atoms with Crippen molar-refractivity contribution in [2.75, 3.05) is 6.67 Å². The van der Waals surface area contributed by atoms with E-state index in [1.54, 1.807) is 6.92 Å². The molecule has 0 aromatic carbocycles. The van der Waals surface area contributed by atoms with E-state index >= 15 is 0 Å². The Labute approximate surface area is 57.2 Å². The normalized spacial score (nSPS) is 22.8. The highest BCUT2D eigenvalue weighted by Crippen LogP contribution is 2.42. The molecule has 0 saturated heterocycles. The largest absolute Gasteiger partial charge is 0.384 e. The van der Waals surface area contributed by atoms with E-state index in [1.807, 2.05) is 0 Å². The SMILES string of the molecule is CC1(OC(F)(F)CF)CC1. The molecule has 0 aromatic heterocycles. The summed E-state index contributed by atoms with van der Waals surface area (Å²) in [6.45, 7) is -0.181. The molecule has 0 bridgehead atoms. The number of rotatable bonds is 3. The van der Waals surface area contributed by atoms with Gasteiger partial charge in [0.1, 0.15) is 0 Å². The second-order valence-electron chi connectivity index (χ2n) is 2.82. The van der Waals surface area contributed by atoms with Crippen LogP contribution >= 0.6 is 0 Å². The van der Waals surface area contributed by atoms with Crippen molar-refractivity contribution >= 4 is 0 Å². The molecule has 0 radical (unpaired) electrons. The first-order chi connectivity index (χ1) is 4.47. The first kappa shape index (κ1) is 7.85. The summed E-state index contributed by atoms with van der Waals surface area (Å²) >= 11 is 0. The Morgan fingerprint density at radius 1 is 1.50 bits per heavy atom. The fourth-order valence-corrected chi connectivity index (χ4v) is 0.666. The van der Waals surface area contributed by atoms with Gasteiger partial charge in [-0.15, -0.1) is 0 Å². The van der Waals surface area contributed by atoms with Gasteiger partial charge in [-0.25, -0.2) is 4.39 Å². The number of hydrogen-bond acceptors (Lipinski definition) is 1. The molecule has 1 aliphatic carbocycles. The molecule has 0 unspecified atom stereocenters. The van der Waals surface area contributed by atoms with Crippen molar-refractivity contribution < 1.29 is 17.9 Å². The van der Waals surface area contributed by atoms with Gasteiger partial charge in [0, 0.05) is 0 Å². The molecular formula is C6H9F3O. The average molecular weight is 154 g/mol. The molecule has 1 rings (SSSR count). The minimum atomic E-state index is -3.58. The van der Waals surface area contributed by atoms with E-state index < -0.39 is 18.4 Å². The number of hydrogen-bond donors (Lipinski definition) is 0. The van der Waals surface area contributed by atoms with Crippen molar-refractivity contribution in [1.82, 2.24) is 0 Å². The van der Waals surface area contributed by atoms with E-state index in [2.05, 4.69) is 4.74 Å². The summed E-state index contributed by atoms with van der Waals surface area (Å²) < 4.78 is 39.8. The highest BCUT2D eigenvalue weighted by atomic mass is 19.3. The summed E-state index contributed by atoms with van der Waals surface area (Å²) in [5.41, 5.74) is -0.754. The fourth-order valence-electron chi connectivity index (χ4n) is 0.666. The van der Waals surface area contributed by atoms with Crippen LogP contribution in [0.15, 0.2) is 0 Å². The number of ether oxygens (including phenoxy) is 1. The van der Waals surface area contributed by atoms with E-state index in [9.17, 15) is 13.2 Å². The molecule has 0 atom stereocenters. The summed E-state index contributed by atoms with van der Waals surface area (Å²) in [6.07, 6.45) is -2.38.